The molecule has 0 aliphatic carbocycles. The Bertz CT molecular complexity index is 395. The third-order valence-electron chi connectivity index (χ3n) is 2.06. The van der Waals surface area contributed by atoms with E-state index in [0.29, 0.717) is 11.1 Å². The lowest BCUT2D eigenvalue weighted by Crippen LogP contribution is -2.18. The second-order valence-corrected chi connectivity index (χ2v) is 3.17. The molecule has 16 heavy (non-hydrogen) atoms. The summed E-state index contributed by atoms with van der Waals surface area (Å²) in [5.74, 6) is 0. The SMILES string of the molecule is N#Cc1ccc(C(CCO)OC(N)=O)cc1. The van der Waals surface area contributed by atoms with E-state index >= 15 is 0 Å². The summed E-state index contributed by atoms with van der Waals surface area (Å²) in [6, 6.07) is 8.55. The van der Waals surface area contributed by atoms with Gasteiger partial charge < -0.3 is 15.6 Å². The number of hydrogen-bond acceptors (Lipinski definition) is 4. The van der Waals surface area contributed by atoms with Crippen LogP contribution in [0.5, 0.6) is 0 Å². The van der Waals surface area contributed by atoms with Gasteiger partial charge in [-0.1, -0.05) is 12.1 Å². The Morgan fingerprint density at radius 1 is 1.50 bits per heavy atom. The van der Waals surface area contributed by atoms with Gasteiger partial charge in [0.25, 0.3) is 0 Å². The minimum atomic E-state index is -0.886. The minimum Gasteiger partial charge on any atom is -0.441 e. The van der Waals surface area contributed by atoms with E-state index in [4.69, 9.17) is 20.8 Å². The summed E-state index contributed by atoms with van der Waals surface area (Å²) in [6.45, 7) is -0.113. The van der Waals surface area contributed by atoms with Crippen molar-refractivity contribution in [3.8, 4) is 6.07 Å². The van der Waals surface area contributed by atoms with Gasteiger partial charge in [0.2, 0.25) is 0 Å². The van der Waals surface area contributed by atoms with Gasteiger partial charge in [0.05, 0.1) is 11.6 Å². The fourth-order valence-corrected chi connectivity index (χ4v) is 1.32. The Balaban J connectivity index is 2.84. The van der Waals surface area contributed by atoms with E-state index in [1.54, 1.807) is 24.3 Å². The summed E-state index contributed by atoms with van der Waals surface area (Å²) in [5, 5.41) is 17.4. The number of nitrogens with two attached hydrogens (primary N) is 1. The number of amides is 1. The average molecular weight is 220 g/mol. The van der Waals surface area contributed by atoms with Crippen molar-refractivity contribution < 1.29 is 14.6 Å². The Kier molecular flexibility index (Phi) is 4.30. The molecule has 1 aromatic carbocycles. The number of aliphatic hydroxyl groups excluding tert-OH is 1. The topological polar surface area (TPSA) is 96.3 Å². The molecule has 0 saturated carbocycles. The maximum absolute atomic E-state index is 10.6. The number of rotatable bonds is 4. The molecule has 0 aliphatic rings. The third-order valence-corrected chi connectivity index (χ3v) is 2.06. The number of nitriles is 1. The number of primary amides is 1. The number of hydrogen-bond donors (Lipinski definition) is 2. The van der Waals surface area contributed by atoms with Gasteiger partial charge in [-0.2, -0.15) is 5.26 Å². The van der Waals surface area contributed by atoms with E-state index in [9.17, 15) is 4.79 Å². The van der Waals surface area contributed by atoms with Crippen molar-refractivity contribution in [1.29, 1.82) is 5.26 Å². The smallest absolute Gasteiger partial charge is 0.405 e. The van der Waals surface area contributed by atoms with Gasteiger partial charge in [-0.05, 0) is 17.7 Å². The molecular weight excluding hydrogens is 208 g/mol. The predicted octanol–water partition coefficient (Wildman–Crippen LogP) is 1.08. The maximum atomic E-state index is 10.6. The third kappa shape index (κ3) is 3.26. The normalized spacial score (nSPS) is 11.5. The molecule has 0 radical (unpaired) electrons. The van der Waals surface area contributed by atoms with Crippen LogP contribution in [0.1, 0.15) is 23.7 Å². The second-order valence-electron chi connectivity index (χ2n) is 3.17. The number of aliphatic hydroxyl groups is 1. The van der Waals surface area contributed by atoms with Crippen molar-refractivity contribution in [2.45, 2.75) is 12.5 Å². The van der Waals surface area contributed by atoms with Crippen molar-refractivity contribution >= 4 is 6.09 Å². The van der Waals surface area contributed by atoms with E-state index in [0.717, 1.165) is 0 Å². The summed E-state index contributed by atoms with van der Waals surface area (Å²) in [4.78, 5) is 10.6. The molecule has 0 spiro atoms. The van der Waals surface area contributed by atoms with E-state index in [2.05, 4.69) is 0 Å². The molecule has 0 saturated heterocycles. The van der Waals surface area contributed by atoms with E-state index in [1.165, 1.54) is 0 Å². The van der Waals surface area contributed by atoms with Crippen LogP contribution < -0.4 is 5.73 Å². The minimum absolute atomic E-state index is 0.113. The lowest BCUT2D eigenvalue weighted by Gasteiger charge is -2.15. The highest BCUT2D eigenvalue weighted by atomic mass is 16.6. The highest BCUT2D eigenvalue weighted by Gasteiger charge is 2.14. The van der Waals surface area contributed by atoms with E-state index in [-0.39, 0.29) is 13.0 Å². The maximum Gasteiger partial charge on any atom is 0.405 e. The van der Waals surface area contributed by atoms with E-state index in [1.807, 2.05) is 6.07 Å². The van der Waals surface area contributed by atoms with Crippen LogP contribution in [-0.2, 0) is 4.74 Å². The molecule has 1 rings (SSSR count). The Labute approximate surface area is 93.1 Å². The van der Waals surface area contributed by atoms with Crippen LogP contribution in [0.2, 0.25) is 0 Å². The zero-order chi connectivity index (χ0) is 12.0. The lowest BCUT2D eigenvalue weighted by molar-refractivity contribution is 0.0877. The molecule has 0 fully saturated rings. The van der Waals surface area contributed by atoms with Gasteiger partial charge in [-0.25, -0.2) is 4.79 Å². The number of carbonyl (C=O) groups excluding carboxylic acids is 1. The Morgan fingerprint density at radius 3 is 2.56 bits per heavy atom. The van der Waals surface area contributed by atoms with Crippen LogP contribution in [-0.4, -0.2) is 17.8 Å². The first kappa shape index (κ1) is 12.0. The van der Waals surface area contributed by atoms with Gasteiger partial charge in [0, 0.05) is 13.0 Å². The molecule has 84 valence electrons. The van der Waals surface area contributed by atoms with E-state index < -0.39 is 12.2 Å². The second kappa shape index (κ2) is 5.73. The molecule has 0 aliphatic heterocycles. The number of nitrogens with zero attached hydrogens (tertiary/aromatic N) is 1. The summed E-state index contributed by atoms with van der Waals surface area (Å²) < 4.78 is 4.85. The Hall–Kier alpha value is -2.06. The summed E-state index contributed by atoms with van der Waals surface area (Å²) in [6.07, 6.45) is -1.19. The molecular formula is C11H12N2O3. The number of carbonyl (C=O) groups is 1. The van der Waals surface area contributed by atoms with Gasteiger partial charge >= 0.3 is 6.09 Å². The molecule has 3 N–H and O–H groups in total. The monoisotopic (exact) mass is 220 g/mol. The molecule has 1 aromatic rings. The first-order valence-electron chi connectivity index (χ1n) is 4.74. The van der Waals surface area contributed by atoms with Crippen LogP contribution in [0.3, 0.4) is 0 Å². The lowest BCUT2D eigenvalue weighted by atomic mass is 10.1. The molecule has 0 heterocycles. The van der Waals surface area contributed by atoms with Crippen LogP contribution in [0.15, 0.2) is 24.3 Å². The van der Waals surface area contributed by atoms with Gasteiger partial charge in [0.1, 0.15) is 6.10 Å². The summed E-state index contributed by atoms with van der Waals surface area (Å²) in [7, 11) is 0. The highest BCUT2D eigenvalue weighted by molar-refractivity contribution is 5.65. The molecule has 5 nitrogen and oxygen atoms in total. The van der Waals surface area contributed by atoms with Crippen molar-refractivity contribution in [1.82, 2.24) is 0 Å². The fourth-order valence-electron chi connectivity index (χ4n) is 1.32. The van der Waals surface area contributed by atoms with Crippen LogP contribution in [0.25, 0.3) is 0 Å². The first-order chi connectivity index (χ1) is 7.67. The zero-order valence-corrected chi connectivity index (χ0v) is 8.59. The van der Waals surface area contributed by atoms with Crippen LogP contribution >= 0.6 is 0 Å². The van der Waals surface area contributed by atoms with Gasteiger partial charge in [-0.15, -0.1) is 0 Å². The zero-order valence-electron chi connectivity index (χ0n) is 8.59. The van der Waals surface area contributed by atoms with Gasteiger partial charge in [-0.3, -0.25) is 0 Å². The highest BCUT2D eigenvalue weighted by Crippen LogP contribution is 2.21. The predicted molar refractivity (Wildman–Crippen MR) is 56.3 cm³/mol. The first-order valence-corrected chi connectivity index (χ1v) is 4.74. The summed E-state index contributed by atoms with van der Waals surface area (Å²) in [5.41, 5.74) is 6.14. The van der Waals surface area contributed by atoms with Crippen molar-refractivity contribution in [2.75, 3.05) is 6.61 Å². The molecule has 0 bridgehead atoms. The van der Waals surface area contributed by atoms with Crippen molar-refractivity contribution in [3.05, 3.63) is 35.4 Å². The molecule has 0 aromatic heterocycles. The fraction of sp³-hybridized carbons (Fsp3) is 0.273. The van der Waals surface area contributed by atoms with Crippen molar-refractivity contribution in [2.24, 2.45) is 5.73 Å². The van der Waals surface area contributed by atoms with Crippen LogP contribution in [0, 0.1) is 11.3 Å². The quantitative estimate of drug-likeness (QED) is 0.793. The van der Waals surface area contributed by atoms with Crippen molar-refractivity contribution in [3.63, 3.8) is 0 Å². The average Bonchev–Trinajstić information content (AvgIpc) is 2.28. The summed E-state index contributed by atoms with van der Waals surface area (Å²) >= 11 is 0. The van der Waals surface area contributed by atoms with Crippen LogP contribution in [0.4, 0.5) is 4.79 Å². The molecule has 5 heteroatoms. The molecule has 1 unspecified atom stereocenters. The molecule has 1 atom stereocenters. The Morgan fingerprint density at radius 2 is 2.12 bits per heavy atom. The standard InChI is InChI=1S/C11H12N2O3/c12-7-8-1-3-9(4-2-8)10(5-6-14)16-11(13)15/h1-4,10,14H,5-6H2,(H2,13,15). The number of benzene rings is 1. The van der Waals surface area contributed by atoms with Gasteiger partial charge in [0.15, 0.2) is 0 Å². The largest absolute Gasteiger partial charge is 0.441 e. The molecule has 1 amide bonds. The number of ether oxygens (including phenoxy) is 1.